The van der Waals surface area contributed by atoms with Crippen molar-refractivity contribution in [2.75, 3.05) is 19.0 Å². The topological polar surface area (TPSA) is 36.1 Å². The molecule has 0 radical (unpaired) electrons. The van der Waals surface area contributed by atoms with E-state index in [0.29, 0.717) is 0 Å². The van der Waals surface area contributed by atoms with Crippen molar-refractivity contribution >= 4 is 16.6 Å². The van der Waals surface area contributed by atoms with Crippen LogP contribution in [0.3, 0.4) is 0 Å². The molecular weight excluding hydrogens is 224 g/mol. The molecule has 0 unspecified atom stereocenters. The highest BCUT2D eigenvalue weighted by atomic mass is 16.1. The van der Waals surface area contributed by atoms with Gasteiger partial charge in [-0.15, -0.1) is 0 Å². The molecule has 3 nitrogen and oxygen atoms in total. The summed E-state index contributed by atoms with van der Waals surface area (Å²) < 4.78 is 0. The van der Waals surface area contributed by atoms with Crippen molar-refractivity contribution in [2.24, 2.45) is 0 Å². The molecule has 0 saturated carbocycles. The number of fused-ring (bicyclic) bond motifs is 1. The Morgan fingerprint density at radius 1 is 1.22 bits per heavy atom. The van der Waals surface area contributed by atoms with Gasteiger partial charge >= 0.3 is 0 Å². The van der Waals surface area contributed by atoms with Crippen LogP contribution in [0.5, 0.6) is 0 Å². The van der Waals surface area contributed by atoms with Crippen molar-refractivity contribution in [3.8, 4) is 0 Å². The first kappa shape index (κ1) is 12.7. The fraction of sp³-hybridized carbons (Fsp3) is 0.400. The molecule has 0 spiro atoms. The zero-order valence-corrected chi connectivity index (χ0v) is 11.7. The van der Waals surface area contributed by atoms with Crippen molar-refractivity contribution in [1.29, 1.82) is 0 Å². The highest BCUT2D eigenvalue weighted by molar-refractivity contribution is 5.85. The Labute approximate surface area is 107 Å². The molecule has 96 valence electrons. The minimum absolute atomic E-state index is 0.142. The molecule has 1 heterocycles. The van der Waals surface area contributed by atoms with E-state index >= 15 is 0 Å². The average molecular weight is 244 g/mol. The van der Waals surface area contributed by atoms with E-state index in [-0.39, 0.29) is 5.43 Å². The third-order valence-electron chi connectivity index (χ3n) is 3.49. The van der Waals surface area contributed by atoms with E-state index in [1.807, 2.05) is 32.0 Å². The van der Waals surface area contributed by atoms with Crippen LogP contribution in [-0.4, -0.2) is 19.1 Å². The van der Waals surface area contributed by atoms with Gasteiger partial charge in [-0.3, -0.25) is 4.79 Å². The maximum atomic E-state index is 12.4. The molecule has 2 rings (SSSR count). The summed E-state index contributed by atoms with van der Waals surface area (Å²) in [6.07, 6.45) is 0.853. The van der Waals surface area contributed by atoms with Crippen LogP contribution in [0.1, 0.15) is 23.7 Å². The lowest BCUT2D eigenvalue weighted by atomic mass is 10.0. The van der Waals surface area contributed by atoms with Gasteiger partial charge in [0.05, 0.1) is 0 Å². The van der Waals surface area contributed by atoms with Crippen LogP contribution in [-0.2, 0) is 6.42 Å². The number of nitrogens with one attached hydrogen (secondary N) is 1. The van der Waals surface area contributed by atoms with Crippen LogP contribution >= 0.6 is 0 Å². The molecule has 0 amide bonds. The van der Waals surface area contributed by atoms with Crippen LogP contribution in [0.2, 0.25) is 0 Å². The molecule has 0 aliphatic rings. The smallest absolute Gasteiger partial charge is 0.192 e. The number of aromatic amines is 1. The molecular formula is C15H20N2O. The minimum atomic E-state index is 0.142. The number of aromatic nitrogens is 1. The zero-order valence-electron chi connectivity index (χ0n) is 11.7. The van der Waals surface area contributed by atoms with E-state index < -0.39 is 0 Å². The normalized spacial score (nSPS) is 10.9. The van der Waals surface area contributed by atoms with Gasteiger partial charge in [-0.25, -0.2) is 0 Å². The van der Waals surface area contributed by atoms with Gasteiger partial charge in [0.25, 0.3) is 0 Å². The molecule has 1 aromatic carbocycles. The van der Waals surface area contributed by atoms with Gasteiger partial charge < -0.3 is 9.88 Å². The van der Waals surface area contributed by atoms with Crippen molar-refractivity contribution in [3.63, 3.8) is 0 Å². The van der Waals surface area contributed by atoms with Crippen LogP contribution in [0.4, 0.5) is 5.69 Å². The zero-order chi connectivity index (χ0) is 13.4. The fourth-order valence-corrected chi connectivity index (χ4v) is 2.42. The molecule has 18 heavy (non-hydrogen) atoms. The first-order valence-electron chi connectivity index (χ1n) is 6.29. The summed E-state index contributed by atoms with van der Waals surface area (Å²) in [5.74, 6) is 0. The summed E-state index contributed by atoms with van der Waals surface area (Å²) >= 11 is 0. The van der Waals surface area contributed by atoms with E-state index in [1.165, 1.54) is 5.56 Å². The van der Waals surface area contributed by atoms with E-state index in [1.54, 1.807) is 0 Å². The Morgan fingerprint density at radius 3 is 2.44 bits per heavy atom. The lowest BCUT2D eigenvalue weighted by Gasteiger charge is -2.17. The van der Waals surface area contributed by atoms with Crippen molar-refractivity contribution in [1.82, 2.24) is 4.98 Å². The Morgan fingerprint density at radius 2 is 1.89 bits per heavy atom. The van der Waals surface area contributed by atoms with Crippen LogP contribution < -0.4 is 10.3 Å². The van der Waals surface area contributed by atoms with Gasteiger partial charge in [0.1, 0.15) is 0 Å². The Balaban J connectivity index is 2.86. The fourth-order valence-electron chi connectivity index (χ4n) is 2.42. The van der Waals surface area contributed by atoms with E-state index in [9.17, 15) is 4.79 Å². The van der Waals surface area contributed by atoms with Crippen molar-refractivity contribution < 1.29 is 0 Å². The Hall–Kier alpha value is -1.77. The summed E-state index contributed by atoms with van der Waals surface area (Å²) in [6, 6.07) is 4.04. The molecule has 0 bridgehead atoms. The second kappa shape index (κ2) is 4.48. The van der Waals surface area contributed by atoms with Crippen LogP contribution in [0.15, 0.2) is 16.9 Å². The maximum Gasteiger partial charge on any atom is 0.192 e. The second-order valence-corrected chi connectivity index (χ2v) is 4.99. The Bertz CT molecular complexity index is 654. The number of nitrogens with zero attached hydrogens (tertiary/aromatic N) is 1. The number of hydrogen-bond acceptors (Lipinski definition) is 2. The summed E-state index contributed by atoms with van der Waals surface area (Å²) in [5.41, 5.74) is 5.21. The van der Waals surface area contributed by atoms with Crippen LogP contribution in [0.25, 0.3) is 10.9 Å². The van der Waals surface area contributed by atoms with E-state index in [4.69, 9.17) is 0 Å². The number of rotatable bonds is 2. The quantitative estimate of drug-likeness (QED) is 0.881. The van der Waals surface area contributed by atoms with E-state index in [2.05, 4.69) is 24.9 Å². The Kier molecular flexibility index (Phi) is 3.16. The molecule has 3 heteroatoms. The highest BCUT2D eigenvalue weighted by Gasteiger charge is 2.10. The number of benzene rings is 1. The standard InChI is InChI=1S/C15H20N2O/c1-6-12-10(3)15(18)11-8-14(17(4)5)9(2)7-13(11)16-12/h7-8H,6H2,1-5H3,(H,16,18). The minimum Gasteiger partial charge on any atom is -0.377 e. The SMILES string of the molecule is CCc1[nH]c2cc(C)c(N(C)C)cc2c(=O)c1C. The van der Waals surface area contributed by atoms with Gasteiger partial charge in [-0.05, 0) is 38.0 Å². The van der Waals surface area contributed by atoms with Gasteiger partial charge in [0, 0.05) is 41.9 Å². The number of pyridine rings is 1. The lowest BCUT2D eigenvalue weighted by Crippen LogP contribution is -2.14. The first-order chi connectivity index (χ1) is 8.45. The second-order valence-electron chi connectivity index (χ2n) is 4.99. The number of H-pyrrole nitrogens is 1. The van der Waals surface area contributed by atoms with Gasteiger partial charge in [0.2, 0.25) is 0 Å². The molecule has 0 aliphatic carbocycles. The summed E-state index contributed by atoms with van der Waals surface area (Å²) in [5, 5.41) is 0.777. The number of hydrogen-bond donors (Lipinski definition) is 1. The predicted octanol–water partition coefficient (Wildman–Crippen LogP) is 2.77. The molecule has 2 aromatic rings. The summed E-state index contributed by atoms with van der Waals surface area (Å²) in [6.45, 7) is 6.02. The van der Waals surface area contributed by atoms with Gasteiger partial charge in [-0.2, -0.15) is 0 Å². The van der Waals surface area contributed by atoms with Crippen molar-refractivity contribution in [3.05, 3.63) is 39.2 Å². The summed E-state index contributed by atoms with van der Waals surface area (Å²) in [7, 11) is 3.99. The third kappa shape index (κ3) is 1.90. The molecule has 0 aliphatic heterocycles. The first-order valence-corrected chi connectivity index (χ1v) is 6.29. The average Bonchev–Trinajstić information content (AvgIpc) is 2.32. The monoisotopic (exact) mass is 244 g/mol. The molecule has 1 aromatic heterocycles. The summed E-state index contributed by atoms with van der Waals surface area (Å²) in [4.78, 5) is 17.8. The number of aryl methyl sites for hydroxylation is 2. The molecule has 0 atom stereocenters. The molecule has 0 fully saturated rings. The lowest BCUT2D eigenvalue weighted by molar-refractivity contribution is 1.02. The van der Waals surface area contributed by atoms with Crippen LogP contribution in [0, 0.1) is 13.8 Å². The van der Waals surface area contributed by atoms with Gasteiger partial charge in [0.15, 0.2) is 5.43 Å². The third-order valence-corrected chi connectivity index (χ3v) is 3.49. The van der Waals surface area contributed by atoms with E-state index in [0.717, 1.165) is 34.3 Å². The number of anilines is 1. The maximum absolute atomic E-state index is 12.4. The van der Waals surface area contributed by atoms with Crippen molar-refractivity contribution in [2.45, 2.75) is 27.2 Å². The largest absolute Gasteiger partial charge is 0.377 e. The molecule has 0 saturated heterocycles. The van der Waals surface area contributed by atoms with Gasteiger partial charge in [-0.1, -0.05) is 6.92 Å². The molecule has 1 N–H and O–H groups in total. The predicted molar refractivity (Wildman–Crippen MR) is 77.7 cm³/mol. The highest BCUT2D eigenvalue weighted by Crippen LogP contribution is 2.23.